The molecule has 2 unspecified atom stereocenters. The number of ether oxygens (including phenoxy) is 1. The Morgan fingerprint density at radius 3 is 2.56 bits per heavy atom. The summed E-state index contributed by atoms with van der Waals surface area (Å²) in [5.41, 5.74) is -0.0962. The number of para-hydroxylation sites is 1. The van der Waals surface area contributed by atoms with Crippen molar-refractivity contribution in [2.24, 2.45) is 7.05 Å². The van der Waals surface area contributed by atoms with Crippen molar-refractivity contribution >= 4 is 16.9 Å². The van der Waals surface area contributed by atoms with E-state index >= 15 is 0 Å². The zero-order chi connectivity index (χ0) is 24.3. The standard InChI is InChI=1S/C26H28N2O6/c1-25(31)14-16(12-13-17(15-25)28(32)33)26(20-10-5-3-4-8-18(20)24(30)34-26)22-19-9-6-7-11-21(19)27(2)23(22)29/h6-7,9,11-15,29,31-33H,3-5,8,10H2,1-2H3. The summed E-state index contributed by atoms with van der Waals surface area (Å²) in [6.07, 6.45) is 9.74. The number of hydroxylamine groups is 2. The van der Waals surface area contributed by atoms with E-state index in [-0.39, 0.29) is 16.8 Å². The van der Waals surface area contributed by atoms with Crippen LogP contribution in [0.2, 0.25) is 0 Å². The van der Waals surface area contributed by atoms with Crippen molar-refractivity contribution in [3.8, 4) is 5.88 Å². The second-order valence-electron chi connectivity index (χ2n) is 9.38. The van der Waals surface area contributed by atoms with Gasteiger partial charge in [0.25, 0.3) is 0 Å². The molecule has 2 aromatic rings. The molecule has 2 heterocycles. The van der Waals surface area contributed by atoms with Crippen molar-refractivity contribution in [3.05, 3.63) is 76.5 Å². The molecule has 0 amide bonds. The summed E-state index contributed by atoms with van der Waals surface area (Å²) < 4.78 is 7.90. The highest BCUT2D eigenvalue weighted by molar-refractivity contribution is 5.97. The first-order valence-electron chi connectivity index (χ1n) is 11.4. The molecule has 8 heteroatoms. The monoisotopic (exact) mass is 464 g/mol. The highest BCUT2D eigenvalue weighted by Gasteiger charge is 2.54. The Kier molecular flexibility index (Phi) is 5.20. The van der Waals surface area contributed by atoms with Gasteiger partial charge in [0.2, 0.25) is 0 Å². The van der Waals surface area contributed by atoms with Crippen LogP contribution in [0.25, 0.3) is 10.9 Å². The lowest BCUT2D eigenvalue weighted by Gasteiger charge is -2.34. The first kappa shape index (κ1) is 22.5. The number of nitrogens with zero attached hydrogens (tertiary/aromatic N) is 2. The first-order chi connectivity index (χ1) is 16.2. The maximum atomic E-state index is 13.3. The third kappa shape index (κ3) is 3.29. The molecule has 3 aliphatic rings. The van der Waals surface area contributed by atoms with Crippen LogP contribution in [-0.4, -0.2) is 42.0 Å². The molecular formula is C26H28N2O6. The average molecular weight is 465 g/mol. The molecule has 8 nitrogen and oxygen atoms in total. The highest BCUT2D eigenvalue weighted by Crippen LogP contribution is 2.56. The van der Waals surface area contributed by atoms with Gasteiger partial charge >= 0.3 is 5.97 Å². The van der Waals surface area contributed by atoms with Crippen LogP contribution in [0, 0.1) is 0 Å². The van der Waals surface area contributed by atoms with Crippen molar-refractivity contribution in [1.29, 1.82) is 0 Å². The molecule has 0 saturated heterocycles. The van der Waals surface area contributed by atoms with E-state index in [2.05, 4.69) is 0 Å². The number of fused-ring (bicyclic) bond motifs is 1. The summed E-state index contributed by atoms with van der Waals surface area (Å²) in [4.78, 5) is 13.3. The van der Waals surface area contributed by atoms with Crippen LogP contribution in [-0.2, 0) is 22.2 Å². The second-order valence-corrected chi connectivity index (χ2v) is 9.38. The Balaban J connectivity index is 1.86. The van der Waals surface area contributed by atoms with Crippen LogP contribution in [0.5, 0.6) is 5.88 Å². The maximum Gasteiger partial charge on any atom is 0.335 e. The number of carbonyl (C=O) groups is 1. The van der Waals surface area contributed by atoms with E-state index in [9.17, 15) is 25.4 Å². The smallest absolute Gasteiger partial charge is 0.335 e. The summed E-state index contributed by atoms with van der Waals surface area (Å²) in [5.74, 6) is -0.467. The van der Waals surface area contributed by atoms with Gasteiger partial charge < -0.3 is 19.5 Å². The normalized spacial score (nSPS) is 27.1. The van der Waals surface area contributed by atoms with Gasteiger partial charge in [0.1, 0.15) is 5.60 Å². The fraction of sp³-hybridized carbons (Fsp3) is 0.346. The molecule has 0 radical (unpaired) electrons. The Labute approximate surface area is 196 Å². The summed E-state index contributed by atoms with van der Waals surface area (Å²) in [6, 6.07) is 7.49. The average Bonchev–Trinajstić information content (AvgIpc) is 3.02. The number of cyclic esters (lactones) is 1. The molecule has 4 N–H and O–H groups in total. The number of hydrogen-bond donors (Lipinski definition) is 4. The first-order valence-corrected chi connectivity index (χ1v) is 11.4. The minimum Gasteiger partial charge on any atom is -0.494 e. The van der Waals surface area contributed by atoms with E-state index in [1.165, 1.54) is 25.2 Å². The van der Waals surface area contributed by atoms with Gasteiger partial charge in [-0.25, -0.2) is 4.79 Å². The maximum absolute atomic E-state index is 13.3. The quantitative estimate of drug-likeness (QED) is 0.399. The van der Waals surface area contributed by atoms with Gasteiger partial charge in [-0.05, 0) is 62.5 Å². The van der Waals surface area contributed by atoms with Gasteiger partial charge in [0.05, 0.1) is 16.8 Å². The summed E-state index contributed by atoms with van der Waals surface area (Å²) in [7, 11) is 1.75. The number of aryl methyl sites for hydroxylation is 1. The number of esters is 1. The zero-order valence-electron chi connectivity index (χ0n) is 19.2. The number of aliphatic hydroxyl groups is 1. The van der Waals surface area contributed by atoms with Gasteiger partial charge in [-0.1, -0.05) is 30.7 Å². The molecule has 1 aromatic heterocycles. The minimum atomic E-state index is -1.61. The summed E-state index contributed by atoms with van der Waals surface area (Å²) >= 11 is 0. The third-order valence-electron chi connectivity index (χ3n) is 7.02. The zero-order valence-corrected chi connectivity index (χ0v) is 19.2. The molecule has 178 valence electrons. The molecule has 0 spiro atoms. The fourth-order valence-electron chi connectivity index (χ4n) is 5.54. The van der Waals surface area contributed by atoms with Crippen LogP contribution in [0.15, 0.2) is 71.0 Å². The third-order valence-corrected chi connectivity index (χ3v) is 7.02. The Hall–Kier alpha value is -3.33. The Morgan fingerprint density at radius 1 is 1.06 bits per heavy atom. The lowest BCUT2D eigenvalue weighted by Crippen LogP contribution is -2.33. The van der Waals surface area contributed by atoms with E-state index in [1.807, 2.05) is 24.3 Å². The number of aromatic hydroxyl groups is 1. The molecule has 1 aliphatic heterocycles. The number of benzene rings is 1. The van der Waals surface area contributed by atoms with Gasteiger partial charge in [-0.3, -0.25) is 10.4 Å². The Bertz CT molecular complexity index is 1310. The van der Waals surface area contributed by atoms with E-state index in [1.54, 1.807) is 17.7 Å². The second kappa shape index (κ2) is 7.87. The highest BCUT2D eigenvalue weighted by atomic mass is 16.8. The molecule has 0 saturated carbocycles. The molecule has 0 fully saturated rings. The number of carbonyl (C=O) groups excluding carboxylic acids is 1. The van der Waals surface area contributed by atoms with E-state index in [0.29, 0.717) is 29.6 Å². The van der Waals surface area contributed by atoms with Crippen LogP contribution in [0.1, 0.15) is 44.6 Å². The summed E-state index contributed by atoms with van der Waals surface area (Å²) in [5, 5.41) is 42.4. The Morgan fingerprint density at radius 2 is 1.79 bits per heavy atom. The largest absolute Gasteiger partial charge is 0.494 e. The summed E-state index contributed by atoms with van der Waals surface area (Å²) in [6.45, 7) is 1.50. The van der Waals surface area contributed by atoms with E-state index < -0.39 is 17.2 Å². The molecule has 1 aromatic carbocycles. The lowest BCUT2D eigenvalue weighted by molar-refractivity contribution is -0.276. The van der Waals surface area contributed by atoms with E-state index in [4.69, 9.17) is 4.74 Å². The van der Waals surface area contributed by atoms with Gasteiger partial charge in [-0.2, -0.15) is 0 Å². The predicted molar refractivity (Wildman–Crippen MR) is 124 cm³/mol. The lowest BCUT2D eigenvalue weighted by atomic mass is 9.75. The van der Waals surface area contributed by atoms with Crippen LogP contribution < -0.4 is 0 Å². The minimum absolute atomic E-state index is 0.0377. The van der Waals surface area contributed by atoms with Crippen LogP contribution in [0.4, 0.5) is 0 Å². The molecule has 5 rings (SSSR count). The van der Waals surface area contributed by atoms with Crippen molar-refractivity contribution in [2.45, 2.75) is 50.2 Å². The van der Waals surface area contributed by atoms with Gasteiger partial charge in [0, 0.05) is 23.6 Å². The molecular weight excluding hydrogens is 436 g/mol. The fourth-order valence-corrected chi connectivity index (χ4v) is 5.54. The molecule has 0 bridgehead atoms. The number of rotatable bonds is 3. The number of aromatic nitrogens is 1. The van der Waals surface area contributed by atoms with Crippen molar-refractivity contribution in [2.75, 3.05) is 0 Å². The number of hydrogen-bond acceptors (Lipinski definition) is 7. The molecule has 2 atom stereocenters. The van der Waals surface area contributed by atoms with Crippen LogP contribution in [0.3, 0.4) is 0 Å². The van der Waals surface area contributed by atoms with Gasteiger partial charge in [-0.15, -0.1) is 5.23 Å². The number of allylic oxidation sites excluding steroid dienone is 1. The van der Waals surface area contributed by atoms with Crippen molar-refractivity contribution < 1.29 is 30.2 Å². The van der Waals surface area contributed by atoms with Crippen molar-refractivity contribution in [1.82, 2.24) is 9.79 Å². The molecule has 2 aliphatic carbocycles. The van der Waals surface area contributed by atoms with Crippen LogP contribution >= 0.6 is 0 Å². The SMILES string of the molecule is Cn1c(O)c(C2(C3=CC(C)(O)C=C(N(O)O)C=C3)OC(=O)C3=C2CCCCC3)c2ccccc21. The van der Waals surface area contributed by atoms with E-state index in [0.717, 1.165) is 35.7 Å². The molecule has 34 heavy (non-hydrogen) atoms. The predicted octanol–water partition coefficient (Wildman–Crippen LogP) is 4.11. The van der Waals surface area contributed by atoms with Crippen molar-refractivity contribution in [3.63, 3.8) is 0 Å². The van der Waals surface area contributed by atoms with Gasteiger partial charge in [0.15, 0.2) is 11.5 Å². The topological polar surface area (TPSA) is 115 Å².